The van der Waals surface area contributed by atoms with Crippen LogP contribution in [0.2, 0.25) is 0 Å². The maximum absolute atomic E-state index is 11.4. The van der Waals surface area contributed by atoms with Crippen molar-refractivity contribution in [3.8, 4) is 12.1 Å². The summed E-state index contributed by atoms with van der Waals surface area (Å²) in [7, 11) is 1.29. The molecule has 0 spiro atoms. The van der Waals surface area contributed by atoms with Crippen LogP contribution in [0.4, 0.5) is 0 Å². The molecule has 0 aromatic heterocycles. The van der Waals surface area contributed by atoms with Gasteiger partial charge in [-0.05, 0) is 18.1 Å². The number of amidine groups is 1. The lowest BCUT2D eigenvalue weighted by molar-refractivity contribution is -0.137. The molecule has 1 heterocycles. The highest BCUT2D eigenvalue weighted by Crippen LogP contribution is 2.41. The number of benzene rings is 1. The van der Waals surface area contributed by atoms with Crippen LogP contribution in [0, 0.1) is 35.5 Å². The van der Waals surface area contributed by atoms with E-state index in [-0.39, 0.29) is 11.6 Å². The van der Waals surface area contributed by atoms with E-state index >= 15 is 0 Å². The summed E-state index contributed by atoms with van der Waals surface area (Å²) >= 11 is 1.09. The van der Waals surface area contributed by atoms with Gasteiger partial charge in [0.15, 0.2) is 0 Å². The molecule has 2 rings (SSSR count). The van der Waals surface area contributed by atoms with E-state index in [4.69, 9.17) is 5.73 Å². The average Bonchev–Trinajstić information content (AvgIpc) is 2.59. The largest absolute Gasteiger partial charge is 0.468 e. The lowest BCUT2D eigenvalue weighted by Crippen LogP contribution is -2.32. The maximum Gasteiger partial charge on any atom is 0.316 e. The van der Waals surface area contributed by atoms with Gasteiger partial charge in [0.05, 0.1) is 30.6 Å². The molecular weight excluding hydrogens is 324 g/mol. The first-order chi connectivity index (χ1) is 11.5. The van der Waals surface area contributed by atoms with Crippen molar-refractivity contribution in [1.82, 2.24) is 0 Å². The van der Waals surface area contributed by atoms with E-state index in [0.29, 0.717) is 10.6 Å². The Morgan fingerprint density at radius 3 is 2.71 bits per heavy atom. The van der Waals surface area contributed by atoms with Crippen LogP contribution < -0.4 is 5.73 Å². The molecular formula is C17H16N4O2S. The Morgan fingerprint density at radius 1 is 1.42 bits per heavy atom. The van der Waals surface area contributed by atoms with Crippen molar-refractivity contribution in [2.75, 3.05) is 12.9 Å². The number of ether oxygens (including phenoxy) is 1. The molecule has 0 bridgehead atoms. The van der Waals surface area contributed by atoms with E-state index in [0.717, 1.165) is 22.9 Å². The molecule has 2 N–H and O–H groups in total. The zero-order valence-corrected chi connectivity index (χ0v) is 14.1. The number of allylic oxidation sites excluding steroid dienone is 1. The van der Waals surface area contributed by atoms with E-state index in [1.54, 1.807) is 0 Å². The quantitative estimate of drug-likeness (QED) is 0.841. The Morgan fingerprint density at radius 2 is 2.12 bits per heavy atom. The highest BCUT2D eigenvalue weighted by Gasteiger charge is 2.36. The van der Waals surface area contributed by atoms with Crippen molar-refractivity contribution in [2.45, 2.75) is 12.8 Å². The highest BCUT2D eigenvalue weighted by molar-refractivity contribution is 8.03. The van der Waals surface area contributed by atoms with Gasteiger partial charge in [0, 0.05) is 5.92 Å². The standard InChI is InChI=1S/C17H16N4O2S/c1-10-5-3-4-6-11(10)15-12(7-18)16(20)21-17(13(15)8-19)24-9-14(22)23-2/h3-6,12,15H,9H2,1-2H3,(H2,20,21). The van der Waals surface area contributed by atoms with Crippen LogP contribution >= 0.6 is 11.8 Å². The molecule has 6 nitrogen and oxygen atoms in total. The van der Waals surface area contributed by atoms with Gasteiger partial charge in [-0.15, -0.1) is 0 Å². The molecule has 24 heavy (non-hydrogen) atoms. The summed E-state index contributed by atoms with van der Waals surface area (Å²) in [5.41, 5.74) is 8.13. The van der Waals surface area contributed by atoms with Crippen LogP contribution in [0.1, 0.15) is 17.0 Å². The van der Waals surface area contributed by atoms with Gasteiger partial charge in [-0.1, -0.05) is 36.0 Å². The molecule has 7 heteroatoms. The topological polar surface area (TPSA) is 112 Å². The second kappa shape index (κ2) is 7.67. The summed E-state index contributed by atoms with van der Waals surface area (Å²) in [5.74, 6) is -1.47. The number of rotatable bonds is 4. The Labute approximate surface area is 144 Å². The van der Waals surface area contributed by atoms with Crippen molar-refractivity contribution < 1.29 is 9.53 Å². The first-order valence-corrected chi connectivity index (χ1v) is 8.15. The van der Waals surface area contributed by atoms with E-state index in [1.807, 2.05) is 31.2 Å². The van der Waals surface area contributed by atoms with E-state index in [1.165, 1.54) is 7.11 Å². The number of hydrogen-bond donors (Lipinski definition) is 1. The summed E-state index contributed by atoms with van der Waals surface area (Å²) < 4.78 is 4.61. The third kappa shape index (κ3) is 3.42. The molecule has 0 fully saturated rings. The van der Waals surface area contributed by atoms with Crippen LogP contribution in [-0.4, -0.2) is 24.7 Å². The minimum atomic E-state index is -0.719. The molecule has 1 aromatic carbocycles. The van der Waals surface area contributed by atoms with E-state index < -0.39 is 17.8 Å². The van der Waals surface area contributed by atoms with Gasteiger partial charge in [-0.25, -0.2) is 4.99 Å². The third-order valence-corrected chi connectivity index (χ3v) is 4.73. The number of nitrogens with two attached hydrogens (primary N) is 1. The van der Waals surface area contributed by atoms with Crippen LogP contribution in [0.5, 0.6) is 0 Å². The molecule has 1 aromatic rings. The summed E-state index contributed by atoms with van der Waals surface area (Å²) in [5, 5.41) is 19.5. The molecule has 0 radical (unpaired) electrons. The maximum atomic E-state index is 11.4. The van der Waals surface area contributed by atoms with Gasteiger partial charge < -0.3 is 10.5 Å². The fraction of sp³-hybridized carbons (Fsp3) is 0.294. The van der Waals surface area contributed by atoms with Crippen LogP contribution in [0.15, 0.2) is 39.9 Å². The number of methoxy groups -OCH3 is 1. The molecule has 0 saturated heterocycles. The lowest BCUT2D eigenvalue weighted by Gasteiger charge is -2.27. The van der Waals surface area contributed by atoms with Crippen molar-refractivity contribution in [1.29, 1.82) is 10.5 Å². The minimum absolute atomic E-state index is 0.0194. The molecule has 122 valence electrons. The van der Waals surface area contributed by atoms with Crippen molar-refractivity contribution in [3.05, 3.63) is 46.0 Å². The average molecular weight is 340 g/mol. The first-order valence-electron chi connectivity index (χ1n) is 7.16. The van der Waals surface area contributed by atoms with Crippen LogP contribution in [0.3, 0.4) is 0 Å². The number of nitrogens with zero attached hydrogens (tertiary/aromatic N) is 3. The fourth-order valence-corrected chi connectivity index (χ4v) is 3.41. The zero-order valence-electron chi connectivity index (χ0n) is 13.3. The number of hydrogen-bond acceptors (Lipinski definition) is 7. The SMILES string of the molecule is COC(=O)CSC1=C(C#N)C(c2ccccc2C)C(C#N)C(N)=N1. The number of carbonyl (C=O) groups is 1. The summed E-state index contributed by atoms with van der Waals surface area (Å²) in [6.45, 7) is 1.92. The van der Waals surface area contributed by atoms with Crippen LogP contribution in [-0.2, 0) is 9.53 Å². The van der Waals surface area contributed by atoms with Gasteiger partial charge in [-0.3, -0.25) is 4.79 Å². The van der Waals surface area contributed by atoms with E-state index in [2.05, 4.69) is 21.9 Å². The predicted molar refractivity (Wildman–Crippen MR) is 91.8 cm³/mol. The Balaban J connectivity index is 2.53. The van der Waals surface area contributed by atoms with Gasteiger partial charge in [-0.2, -0.15) is 10.5 Å². The Bertz CT molecular complexity index is 802. The van der Waals surface area contributed by atoms with Gasteiger partial charge >= 0.3 is 5.97 Å². The molecule has 2 atom stereocenters. The van der Waals surface area contributed by atoms with Gasteiger partial charge in [0.2, 0.25) is 0 Å². The highest BCUT2D eigenvalue weighted by atomic mass is 32.2. The predicted octanol–water partition coefficient (Wildman–Crippen LogP) is 2.23. The zero-order chi connectivity index (χ0) is 17.7. The normalized spacial score (nSPS) is 19.9. The second-order valence-electron chi connectivity index (χ2n) is 5.17. The summed E-state index contributed by atoms with van der Waals surface area (Å²) in [6, 6.07) is 11.8. The molecule has 0 saturated carbocycles. The van der Waals surface area contributed by atoms with Gasteiger partial charge in [0.1, 0.15) is 16.8 Å². The third-order valence-electron chi connectivity index (χ3n) is 3.76. The number of esters is 1. The molecule has 1 aliphatic rings. The van der Waals surface area contributed by atoms with Gasteiger partial charge in [0.25, 0.3) is 0 Å². The fourth-order valence-electron chi connectivity index (χ4n) is 2.54. The van der Waals surface area contributed by atoms with Crippen molar-refractivity contribution in [2.24, 2.45) is 16.6 Å². The summed E-state index contributed by atoms with van der Waals surface area (Å²) in [6.07, 6.45) is 0. The number of aliphatic imine (C=N–C) groups is 1. The first kappa shape index (κ1) is 17.6. The monoisotopic (exact) mass is 340 g/mol. The summed E-state index contributed by atoms with van der Waals surface area (Å²) in [4.78, 5) is 15.6. The molecule has 0 aliphatic carbocycles. The molecule has 2 unspecified atom stereocenters. The lowest BCUT2D eigenvalue weighted by atomic mass is 9.78. The van der Waals surface area contributed by atoms with E-state index in [9.17, 15) is 15.3 Å². The van der Waals surface area contributed by atoms with Crippen LogP contribution in [0.25, 0.3) is 0 Å². The molecule has 0 amide bonds. The van der Waals surface area contributed by atoms with Crippen molar-refractivity contribution >= 4 is 23.6 Å². The smallest absolute Gasteiger partial charge is 0.316 e. The second-order valence-corrected chi connectivity index (χ2v) is 6.14. The number of aryl methyl sites for hydroxylation is 1. The number of nitriles is 2. The number of carbonyl (C=O) groups excluding carboxylic acids is 1. The number of thioether (sulfide) groups is 1. The van der Waals surface area contributed by atoms with Crippen molar-refractivity contribution in [3.63, 3.8) is 0 Å². The Hall–Kier alpha value is -2.77. The Kier molecular flexibility index (Phi) is 5.62. The molecule has 1 aliphatic heterocycles. The minimum Gasteiger partial charge on any atom is -0.468 e.